The Labute approximate surface area is 169 Å². The summed E-state index contributed by atoms with van der Waals surface area (Å²) in [7, 11) is 0. The van der Waals surface area contributed by atoms with E-state index in [-0.39, 0.29) is 36.8 Å². The Hall–Kier alpha value is -3.35. The lowest BCUT2D eigenvalue weighted by Crippen LogP contribution is -2.48. The van der Waals surface area contributed by atoms with Crippen molar-refractivity contribution in [3.05, 3.63) is 54.6 Å². The van der Waals surface area contributed by atoms with Crippen LogP contribution < -0.4 is 15.0 Å². The van der Waals surface area contributed by atoms with E-state index >= 15 is 0 Å². The van der Waals surface area contributed by atoms with Gasteiger partial charge in [0.2, 0.25) is 11.8 Å². The summed E-state index contributed by atoms with van der Waals surface area (Å²) in [6.07, 6.45) is 1.16. The Morgan fingerprint density at radius 1 is 1.00 bits per heavy atom. The van der Waals surface area contributed by atoms with Crippen LogP contribution >= 0.6 is 0 Å². The van der Waals surface area contributed by atoms with Crippen molar-refractivity contribution in [3.63, 3.8) is 0 Å². The molecule has 0 radical (unpaired) electrons. The van der Waals surface area contributed by atoms with Gasteiger partial charge in [-0.05, 0) is 37.1 Å². The van der Waals surface area contributed by atoms with E-state index in [1.54, 1.807) is 15.9 Å². The molecule has 2 aromatic rings. The second-order valence-corrected chi connectivity index (χ2v) is 7.25. The molecule has 7 heteroatoms. The van der Waals surface area contributed by atoms with Crippen LogP contribution in [0.15, 0.2) is 54.6 Å². The molecule has 2 aromatic carbocycles. The van der Waals surface area contributed by atoms with Crippen LogP contribution in [0.5, 0.6) is 5.75 Å². The van der Waals surface area contributed by atoms with Crippen LogP contribution in [0.4, 0.5) is 11.4 Å². The summed E-state index contributed by atoms with van der Waals surface area (Å²) in [4.78, 5) is 40.8. The molecule has 2 aliphatic heterocycles. The number of ether oxygens (including phenoxy) is 1. The van der Waals surface area contributed by atoms with E-state index in [4.69, 9.17) is 4.74 Å². The molecule has 0 unspecified atom stereocenters. The predicted molar refractivity (Wildman–Crippen MR) is 109 cm³/mol. The number of hydrogen-bond donors (Lipinski definition) is 1. The third kappa shape index (κ3) is 4.23. The van der Waals surface area contributed by atoms with Crippen molar-refractivity contribution >= 4 is 29.1 Å². The highest BCUT2D eigenvalue weighted by Crippen LogP contribution is 2.31. The summed E-state index contributed by atoms with van der Waals surface area (Å²) in [6.45, 7) is 1.03. The third-order valence-electron chi connectivity index (χ3n) is 5.34. The number of para-hydroxylation sites is 3. The molecule has 0 aliphatic carbocycles. The Bertz CT molecular complexity index is 907. The molecule has 0 saturated carbocycles. The Morgan fingerprint density at radius 2 is 1.69 bits per heavy atom. The predicted octanol–water partition coefficient (Wildman–Crippen LogP) is 2.29. The number of benzene rings is 2. The van der Waals surface area contributed by atoms with E-state index in [0.717, 1.165) is 5.69 Å². The molecule has 1 N–H and O–H groups in total. The van der Waals surface area contributed by atoms with Gasteiger partial charge in [-0.1, -0.05) is 30.3 Å². The van der Waals surface area contributed by atoms with Crippen molar-refractivity contribution in [2.24, 2.45) is 5.92 Å². The lowest BCUT2D eigenvalue weighted by atomic mass is 9.94. The maximum absolute atomic E-state index is 13.1. The van der Waals surface area contributed by atoms with Crippen LogP contribution in [0.25, 0.3) is 0 Å². The number of rotatable bonds is 4. The topological polar surface area (TPSA) is 79.0 Å². The van der Waals surface area contributed by atoms with Crippen molar-refractivity contribution in [3.8, 4) is 5.75 Å². The van der Waals surface area contributed by atoms with Crippen molar-refractivity contribution in [2.75, 3.05) is 36.5 Å². The molecule has 0 atom stereocenters. The highest BCUT2D eigenvalue weighted by molar-refractivity contribution is 6.10. The first-order chi connectivity index (χ1) is 14.1. The second-order valence-electron chi connectivity index (χ2n) is 7.25. The van der Waals surface area contributed by atoms with Crippen LogP contribution in [0, 0.1) is 5.92 Å². The fraction of sp³-hybridized carbons (Fsp3) is 0.318. The molecule has 2 aliphatic rings. The molecule has 1 fully saturated rings. The quantitative estimate of drug-likeness (QED) is 0.865. The van der Waals surface area contributed by atoms with Gasteiger partial charge >= 0.3 is 0 Å². The summed E-state index contributed by atoms with van der Waals surface area (Å²) >= 11 is 0. The number of piperidine rings is 1. The van der Waals surface area contributed by atoms with Gasteiger partial charge in [0, 0.05) is 19.0 Å². The minimum Gasteiger partial charge on any atom is -0.484 e. The van der Waals surface area contributed by atoms with Crippen molar-refractivity contribution in [1.82, 2.24) is 4.90 Å². The van der Waals surface area contributed by atoms with E-state index < -0.39 is 0 Å². The van der Waals surface area contributed by atoms with E-state index in [1.165, 1.54) is 0 Å². The van der Waals surface area contributed by atoms with Crippen molar-refractivity contribution in [2.45, 2.75) is 12.8 Å². The third-order valence-corrected chi connectivity index (χ3v) is 5.34. The monoisotopic (exact) mass is 393 g/mol. The normalized spacial score (nSPS) is 16.8. The molecule has 0 bridgehead atoms. The minimum atomic E-state index is -0.201. The standard InChI is InChI=1S/C22H23N3O4/c26-20-14-25(19-9-5-4-8-18(19)23-20)22(28)16-10-12-24(13-11-16)21(27)15-29-17-6-2-1-3-7-17/h1-9,16H,10-15H2,(H,23,26). The van der Waals surface area contributed by atoms with Gasteiger partial charge in [-0.15, -0.1) is 0 Å². The van der Waals surface area contributed by atoms with Gasteiger partial charge in [-0.25, -0.2) is 0 Å². The zero-order chi connectivity index (χ0) is 20.2. The number of fused-ring (bicyclic) bond motifs is 1. The van der Waals surface area contributed by atoms with Gasteiger partial charge < -0.3 is 19.9 Å². The van der Waals surface area contributed by atoms with E-state index in [1.807, 2.05) is 48.5 Å². The molecular formula is C22H23N3O4. The fourth-order valence-electron chi connectivity index (χ4n) is 3.78. The van der Waals surface area contributed by atoms with Gasteiger partial charge in [-0.3, -0.25) is 14.4 Å². The average Bonchev–Trinajstić information content (AvgIpc) is 2.77. The number of nitrogens with one attached hydrogen (secondary N) is 1. The van der Waals surface area contributed by atoms with Gasteiger partial charge in [0.1, 0.15) is 12.3 Å². The molecular weight excluding hydrogens is 370 g/mol. The second kappa shape index (κ2) is 8.34. The van der Waals surface area contributed by atoms with Crippen LogP contribution in [0.2, 0.25) is 0 Å². The van der Waals surface area contributed by atoms with Crippen molar-refractivity contribution in [1.29, 1.82) is 0 Å². The van der Waals surface area contributed by atoms with Gasteiger partial charge in [-0.2, -0.15) is 0 Å². The summed E-state index contributed by atoms with van der Waals surface area (Å²) in [5.41, 5.74) is 1.38. The number of carbonyl (C=O) groups is 3. The average molecular weight is 393 g/mol. The highest BCUT2D eigenvalue weighted by atomic mass is 16.5. The molecule has 0 spiro atoms. The number of hydrogen-bond acceptors (Lipinski definition) is 4. The van der Waals surface area contributed by atoms with Gasteiger partial charge in [0.15, 0.2) is 6.61 Å². The molecule has 2 heterocycles. The smallest absolute Gasteiger partial charge is 0.260 e. The lowest BCUT2D eigenvalue weighted by Gasteiger charge is -2.36. The summed E-state index contributed by atoms with van der Waals surface area (Å²) in [5.74, 6) is 0.131. The first kappa shape index (κ1) is 19.0. The molecule has 29 heavy (non-hydrogen) atoms. The largest absolute Gasteiger partial charge is 0.484 e. The molecule has 7 nitrogen and oxygen atoms in total. The van der Waals surface area contributed by atoms with Crippen LogP contribution in [0.1, 0.15) is 12.8 Å². The fourth-order valence-corrected chi connectivity index (χ4v) is 3.78. The number of likely N-dealkylation sites (tertiary alicyclic amines) is 1. The SMILES string of the molecule is O=C1CN(C(=O)C2CCN(C(=O)COc3ccccc3)CC2)c2ccccc2N1. The Kier molecular flexibility index (Phi) is 5.46. The maximum Gasteiger partial charge on any atom is 0.260 e. The van der Waals surface area contributed by atoms with Gasteiger partial charge in [0.05, 0.1) is 11.4 Å². The van der Waals surface area contributed by atoms with E-state index in [0.29, 0.717) is 37.4 Å². The molecule has 0 aromatic heterocycles. The zero-order valence-corrected chi connectivity index (χ0v) is 16.0. The molecule has 150 valence electrons. The zero-order valence-electron chi connectivity index (χ0n) is 16.0. The van der Waals surface area contributed by atoms with Crippen molar-refractivity contribution < 1.29 is 19.1 Å². The number of nitrogens with zero attached hydrogens (tertiary/aromatic N) is 2. The van der Waals surface area contributed by atoms with Crippen LogP contribution in [0.3, 0.4) is 0 Å². The highest BCUT2D eigenvalue weighted by Gasteiger charge is 2.34. The van der Waals surface area contributed by atoms with E-state index in [2.05, 4.69) is 5.32 Å². The number of carbonyl (C=O) groups excluding carboxylic acids is 3. The van der Waals surface area contributed by atoms with Gasteiger partial charge in [0.25, 0.3) is 5.91 Å². The first-order valence-electron chi connectivity index (χ1n) is 9.77. The van der Waals surface area contributed by atoms with Crippen LogP contribution in [-0.2, 0) is 14.4 Å². The summed E-state index contributed by atoms with van der Waals surface area (Å²) < 4.78 is 5.53. The minimum absolute atomic E-state index is 0.0116. The van der Waals surface area contributed by atoms with E-state index in [9.17, 15) is 14.4 Å². The number of amides is 3. The Morgan fingerprint density at radius 3 is 2.45 bits per heavy atom. The molecule has 3 amide bonds. The number of anilines is 2. The lowest BCUT2D eigenvalue weighted by molar-refractivity contribution is -0.136. The van der Waals surface area contributed by atoms with Crippen LogP contribution in [-0.4, -0.2) is 48.9 Å². The summed E-state index contributed by atoms with van der Waals surface area (Å²) in [5, 5.41) is 2.80. The maximum atomic E-state index is 13.1. The molecule has 4 rings (SSSR count). The molecule has 1 saturated heterocycles. The first-order valence-corrected chi connectivity index (χ1v) is 9.77. The summed E-state index contributed by atoms with van der Waals surface area (Å²) in [6, 6.07) is 16.5. The Balaban J connectivity index is 1.33.